The van der Waals surface area contributed by atoms with Crippen molar-refractivity contribution in [1.82, 2.24) is 5.48 Å². The highest BCUT2D eigenvalue weighted by atomic mass is 35.5. The summed E-state index contributed by atoms with van der Waals surface area (Å²) in [5.74, 6) is -1.02. The van der Waals surface area contributed by atoms with E-state index < -0.39 is 11.5 Å². The first-order valence-corrected chi connectivity index (χ1v) is 3.95. The molecule has 0 aliphatic carbocycles. The van der Waals surface area contributed by atoms with Crippen LogP contribution in [0.4, 0.5) is 0 Å². The zero-order valence-corrected chi connectivity index (χ0v) is 7.32. The third-order valence-corrected chi connectivity index (χ3v) is 1.89. The van der Waals surface area contributed by atoms with E-state index in [-0.39, 0.29) is 5.56 Å². The van der Waals surface area contributed by atoms with E-state index in [1.165, 1.54) is 12.1 Å². The molecule has 0 spiro atoms. The molecule has 5 heteroatoms. The van der Waals surface area contributed by atoms with Gasteiger partial charge in [0.05, 0.1) is 5.56 Å². The molecule has 0 bridgehead atoms. The van der Waals surface area contributed by atoms with Gasteiger partial charge in [-0.15, -0.1) is 0 Å². The number of benzene rings is 1. The number of hydrogen-bond donors (Lipinski definition) is 3. The Morgan fingerprint density at radius 3 is 2.77 bits per heavy atom. The monoisotopic (exact) mass is 201 g/mol. The number of nitrogens with one attached hydrogen (secondary N) is 1. The number of carbonyl (C=O) groups is 1. The third-order valence-electron chi connectivity index (χ3n) is 1.54. The standard InChI is InChI=1S/C8H8ClNO3/c9-7(10-13)5-2-1-3-6(4-5)8(11)12/h1-4,7,10,13H,(H,11,12). The fourth-order valence-electron chi connectivity index (χ4n) is 0.904. The minimum atomic E-state index is -1.02. The van der Waals surface area contributed by atoms with E-state index >= 15 is 0 Å². The summed E-state index contributed by atoms with van der Waals surface area (Å²) < 4.78 is 0. The lowest BCUT2D eigenvalue weighted by molar-refractivity contribution is 0.0696. The molecule has 1 aromatic rings. The number of rotatable bonds is 3. The van der Waals surface area contributed by atoms with E-state index in [0.717, 1.165) is 0 Å². The molecule has 1 aromatic carbocycles. The van der Waals surface area contributed by atoms with Crippen molar-refractivity contribution in [2.75, 3.05) is 0 Å². The van der Waals surface area contributed by atoms with Gasteiger partial charge < -0.3 is 10.3 Å². The highest BCUT2D eigenvalue weighted by Gasteiger charge is 2.08. The summed E-state index contributed by atoms with van der Waals surface area (Å²) in [6, 6.07) is 6.02. The van der Waals surface area contributed by atoms with Gasteiger partial charge in [-0.25, -0.2) is 4.79 Å². The topological polar surface area (TPSA) is 69.6 Å². The summed E-state index contributed by atoms with van der Waals surface area (Å²) in [4.78, 5) is 10.5. The maximum atomic E-state index is 10.5. The fraction of sp³-hybridized carbons (Fsp3) is 0.125. The Labute approximate surface area is 79.7 Å². The van der Waals surface area contributed by atoms with Gasteiger partial charge in [0.2, 0.25) is 0 Å². The van der Waals surface area contributed by atoms with Gasteiger partial charge in [-0.1, -0.05) is 23.7 Å². The molecule has 0 radical (unpaired) electrons. The molecule has 0 saturated carbocycles. The number of hydroxylamine groups is 1. The van der Waals surface area contributed by atoms with Crippen LogP contribution in [-0.4, -0.2) is 16.3 Å². The number of hydrogen-bond acceptors (Lipinski definition) is 3. The van der Waals surface area contributed by atoms with E-state index in [1.807, 2.05) is 5.48 Å². The zero-order valence-electron chi connectivity index (χ0n) is 6.57. The van der Waals surface area contributed by atoms with Gasteiger partial charge in [0.15, 0.2) is 0 Å². The van der Waals surface area contributed by atoms with E-state index in [1.54, 1.807) is 12.1 Å². The van der Waals surface area contributed by atoms with E-state index in [2.05, 4.69) is 0 Å². The smallest absolute Gasteiger partial charge is 0.335 e. The number of carboxylic acids is 1. The van der Waals surface area contributed by atoms with Gasteiger partial charge >= 0.3 is 5.97 Å². The normalized spacial score (nSPS) is 12.5. The average Bonchev–Trinajstić information content (AvgIpc) is 2.17. The van der Waals surface area contributed by atoms with Crippen LogP contribution in [0.25, 0.3) is 0 Å². The Balaban J connectivity index is 2.98. The van der Waals surface area contributed by atoms with E-state index in [9.17, 15) is 4.79 Å². The van der Waals surface area contributed by atoms with Crippen molar-refractivity contribution in [3.05, 3.63) is 35.4 Å². The number of halogens is 1. The van der Waals surface area contributed by atoms with Gasteiger partial charge in [-0.05, 0) is 17.7 Å². The summed E-state index contributed by atoms with van der Waals surface area (Å²) in [6.07, 6.45) is 0. The maximum Gasteiger partial charge on any atom is 0.335 e. The lowest BCUT2D eigenvalue weighted by atomic mass is 10.1. The number of carboxylic acid groups (broad SMARTS) is 1. The van der Waals surface area contributed by atoms with Crippen LogP contribution in [0, 0.1) is 0 Å². The molecule has 13 heavy (non-hydrogen) atoms. The Hall–Kier alpha value is -1.10. The molecule has 0 aliphatic heterocycles. The summed E-state index contributed by atoms with van der Waals surface area (Å²) in [6.45, 7) is 0. The highest BCUT2D eigenvalue weighted by Crippen LogP contribution is 2.17. The first kappa shape index (κ1) is 9.98. The van der Waals surface area contributed by atoms with Crippen LogP contribution < -0.4 is 5.48 Å². The second-order valence-electron chi connectivity index (χ2n) is 2.42. The van der Waals surface area contributed by atoms with Crippen molar-refractivity contribution < 1.29 is 15.1 Å². The lowest BCUT2D eigenvalue weighted by Gasteiger charge is -2.07. The molecular formula is C8H8ClNO3. The first-order chi connectivity index (χ1) is 6.15. The molecule has 0 aliphatic rings. The molecule has 0 fully saturated rings. The summed E-state index contributed by atoms with van der Waals surface area (Å²) >= 11 is 5.61. The molecule has 4 nitrogen and oxygen atoms in total. The molecular weight excluding hydrogens is 194 g/mol. The molecule has 0 aromatic heterocycles. The van der Waals surface area contributed by atoms with Crippen molar-refractivity contribution in [3.63, 3.8) is 0 Å². The van der Waals surface area contributed by atoms with Gasteiger partial charge in [-0.3, -0.25) is 0 Å². The van der Waals surface area contributed by atoms with Crippen LogP contribution in [0.5, 0.6) is 0 Å². The number of alkyl halides is 1. The van der Waals surface area contributed by atoms with Crippen LogP contribution in [0.15, 0.2) is 24.3 Å². The molecule has 1 unspecified atom stereocenters. The van der Waals surface area contributed by atoms with Gasteiger partial charge in [-0.2, -0.15) is 5.48 Å². The zero-order chi connectivity index (χ0) is 9.84. The lowest BCUT2D eigenvalue weighted by Crippen LogP contribution is -2.11. The second-order valence-corrected chi connectivity index (χ2v) is 2.86. The molecule has 1 rings (SSSR count). The van der Waals surface area contributed by atoms with Gasteiger partial charge in [0.1, 0.15) is 5.50 Å². The Kier molecular flexibility index (Phi) is 3.25. The van der Waals surface area contributed by atoms with Crippen LogP contribution in [0.3, 0.4) is 0 Å². The van der Waals surface area contributed by atoms with Crippen LogP contribution >= 0.6 is 11.6 Å². The maximum absolute atomic E-state index is 10.5. The van der Waals surface area contributed by atoms with Crippen LogP contribution in [-0.2, 0) is 0 Å². The molecule has 3 N–H and O–H groups in total. The van der Waals surface area contributed by atoms with Crippen LogP contribution in [0.1, 0.15) is 21.4 Å². The van der Waals surface area contributed by atoms with Crippen molar-refractivity contribution in [1.29, 1.82) is 0 Å². The fourth-order valence-corrected chi connectivity index (χ4v) is 1.04. The largest absolute Gasteiger partial charge is 0.478 e. The van der Waals surface area contributed by atoms with Crippen molar-refractivity contribution in [3.8, 4) is 0 Å². The quantitative estimate of drug-likeness (QED) is 0.395. The predicted molar refractivity (Wildman–Crippen MR) is 46.9 cm³/mol. The molecule has 0 saturated heterocycles. The third kappa shape index (κ3) is 2.42. The SMILES string of the molecule is O=C(O)c1cccc(C(Cl)NO)c1. The molecule has 70 valence electrons. The van der Waals surface area contributed by atoms with Crippen molar-refractivity contribution in [2.45, 2.75) is 5.50 Å². The Bertz CT molecular complexity index is 316. The molecule has 0 heterocycles. The predicted octanol–water partition coefficient (Wildman–Crippen LogP) is 1.60. The molecule has 1 atom stereocenters. The molecule has 0 amide bonds. The minimum Gasteiger partial charge on any atom is -0.478 e. The van der Waals surface area contributed by atoms with Crippen molar-refractivity contribution >= 4 is 17.6 Å². The van der Waals surface area contributed by atoms with E-state index in [0.29, 0.717) is 5.56 Å². The Morgan fingerprint density at radius 2 is 2.23 bits per heavy atom. The Morgan fingerprint density at radius 1 is 1.54 bits per heavy atom. The average molecular weight is 202 g/mol. The highest BCUT2D eigenvalue weighted by molar-refractivity contribution is 6.20. The van der Waals surface area contributed by atoms with Gasteiger partial charge in [0, 0.05) is 0 Å². The number of aromatic carboxylic acids is 1. The minimum absolute atomic E-state index is 0.137. The van der Waals surface area contributed by atoms with Gasteiger partial charge in [0.25, 0.3) is 0 Å². The van der Waals surface area contributed by atoms with Crippen molar-refractivity contribution in [2.24, 2.45) is 0 Å². The summed E-state index contributed by atoms with van der Waals surface area (Å²) in [5, 5.41) is 17.1. The summed E-state index contributed by atoms with van der Waals surface area (Å²) in [5.41, 5.74) is 1.67. The second kappa shape index (κ2) is 4.23. The first-order valence-electron chi connectivity index (χ1n) is 3.52. The van der Waals surface area contributed by atoms with Crippen LogP contribution in [0.2, 0.25) is 0 Å². The van der Waals surface area contributed by atoms with E-state index in [4.69, 9.17) is 21.9 Å². The summed E-state index contributed by atoms with van der Waals surface area (Å²) in [7, 11) is 0.